The number of para-hydroxylation sites is 3. The van der Waals surface area contributed by atoms with E-state index in [1.165, 1.54) is 87.8 Å². The minimum atomic E-state index is 1.14. The minimum absolute atomic E-state index is 1.14. The molecule has 252 valence electrons. The molecule has 0 saturated heterocycles. The molecule has 0 unspecified atom stereocenters. The minimum Gasteiger partial charge on any atom is -0.309 e. The van der Waals surface area contributed by atoms with Gasteiger partial charge in [-0.25, -0.2) is 0 Å². The van der Waals surface area contributed by atoms with Crippen molar-refractivity contribution in [3.63, 3.8) is 0 Å². The monoisotopic (exact) mass is 686 g/mol. The van der Waals surface area contributed by atoms with Crippen LogP contribution < -0.4 is 0 Å². The molecular formula is C52H34N2. The molecule has 0 fully saturated rings. The van der Waals surface area contributed by atoms with Crippen LogP contribution in [0.25, 0.3) is 99.1 Å². The second-order valence-electron chi connectivity index (χ2n) is 14.1. The SMILES string of the molecule is c1ccc(-c2cc(-c3ccccc3)cc(-c3ccc(-n4c5ccccc5c5ccc6ccc7c8ccccc8n(-c8ccccc8)c7c6c54)cc3)c2)cc1. The van der Waals surface area contributed by atoms with Gasteiger partial charge in [-0.3, -0.25) is 0 Å². The first kappa shape index (κ1) is 30.5. The van der Waals surface area contributed by atoms with E-state index in [4.69, 9.17) is 0 Å². The highest BCUT2D eigenvalue weighted by atomic mass is 15.0. The summed E-state index contributed by atoms with van der Waals surface area (Å²) in [4.78, 5) is 0. The maximum atomic E-state index is 2.49. The van der Waals surface area contributed by atoms with Crippen molar-refractivity contribution in [2.75, 3.05) is 0 Å². The predicted molar refractivity (Wildman–Crippen MR) is 229 cm³/mol. The number of fused-ring (bicyclic) bond motifs is 9. The van der Waals surface area contributed by atoms with E-state index < -0.39 is 0 Å². The average molecular weight is 687 g/mol. The van der Waals surface area contributed by atoms with Gasteiger partial charge in [-0.2, -0.15) is 0 Å². The third-order valence-electron chi connectivity index (χ3n) is 11.1. The predicted octanol–water partition coefficient (Wildman–Crippen LogP) is 14.0. The van der Waals surface area contributed by atoms with Crippen LogP contribution >= 0.6 is 0 Å². The van der Waals surface area contributed by atoms with Crippen LogP contribution in [0.15, 0.2) is 206 Å². The summed E-state index contributed by atoms with van der Waals surface area (Å²) in [6, 6.07) is 75.2. The molecule has 0 bridgehead atoms. The van der Waals surface area contributed by atoms with E-state index in [0.717, 1.165) is 11.4 Å². The van der Waals surface area contributed by atoms with Crippen molar-refractivity contribution in [3.8, 4) is 44.8 Å². The van der Waals surface area contributed by atoms with Crippen molar-refractivity contribution in [3.05, 3.63) is 206 Å². The molecule has 0 spiro atoms. The van der Waals surface area contributed by atoms with Crippen LogP contribution in [0.5, 0.6) is 0 Å². The van der Waals surface area contributed by atoms with E-state index in [0.29, 0.717) is 0 Å². The lowest BCUT2D eigenvalue weighted by atomic mass is 9.93. The summed E-state index contributed by atoms with van der Waals surface area (Å²) in [5.41, 5.74) is 14.4. The van der Waals surface area contributed by atoms with Gasteiger partial charge >= 0.3 is 0 Å². The van der Waals surface area contributed by atoms with Gasteiger partial charge < -0.3 is 9.13 Å². The first-order chi connectivity index (χ1) is 26.8. The molecule has 0 amide bonds. The molecule has 0 aliphatic carbocycles. The lowest BCUT2D eigenvalue weighted by Gasteiger charge is -2.15. The summed E-state index contributed by atoms with van der Waals surface area (Å²) in [6.07, 6.45) is 0. The smallest absolute Gasteiger partial charge is 0.0640 e. The molecule has 2 heteroatoms. The lowest BCUT2D eigenvalue weighted by Crippen LogP contribution is -1.97. The second-order valence-corrected chi connectivity index (χ2v) is 14.1. The molecule has 0 radical (unpaired) electrons. The fourth-order valence-corrected chi connectivity index (χ4v) is 8.62. The molecule has 0 N–H and O–H groups in total. The van der Waals surface area contributed by atoms with Crippen LogP contribution in [0.2, 0.25) is 0 Å². The van der Waals surface area contributed by atoms with Gasteiger partial charge in [0.1, 0.15) is 0 Å². The van der Waals surface area contributed by atoms with Gasteiger partial charge in [-0.05, 0) is 93.4 Å². The first-order valence-corrected chi connectivity index (χ1v) is 18.6. The van der Waals surface area contributed by atoms with E-state index in [-0.39, 0.29) is 0 Å². The Hall–Kier alpha value is -7.16. The first-order valence-electron chi connectivity index (χ1n) is 18.6. The number of nitrogens with zero attached hydrogens (tertiary/aromatic N) is 2. The summed E-state index contributed by atoms with van der Waals surface area (Å²) >= 11 is 0. The molecular weight excluding hydrogens is 653 g/mol. The van der Waals surface area contributed by atoms with Gasteiger partial charge in [0.2, 0.25) is 0 Å². The van der Waals surface area contributed by atoms with Crippen LogP contribution in [0.1, 0.15) is 0 Å². The Morgan fingerprint density at radius 1 is 0.259 bits per heavy atom. The van der Waals surface area contributed by atoms with Crippen LogP contribution in [0.4, 0.5) is 0 Å². The number of hydrogen-bond donors (Lipinski definition) is 0. The number of rotatable bonds is 5. The molecule has 0 aliphatic rings. The third kappa shape index (κ3) is 4.74. The Bertz CT molecular complexity index is 3110. The van der Waals surface area contributed by atoms with Gasteiger partial charge in [0.15, 0.2) is 0 Å². The molecule has 11 aromatic rings. The zero-order valence-corrected chi connectivity index (χ0v) is 29.5. The van der Waals surface area contributed by atoms with E-state index in [9.17, 15) is 0 Å². The third-order valence-corrected chi connectivity index (χ3v) is 11.1. The average Bonchev–Trinajstić information content (AvgIpc) is 3.78. The van der Waals surface area contributed by atoms with Gasteiger partial charge in [0, 0.05) is 38.3 Å². The van der Waals surface area contributed by atoms with Crippen molar-refractivity contribution in [2.45, 2.75) is 0 Å². The highest BCUT2D eigenvalue weighted by molar-refractivity contribution is 6.28. The van der Waals surface area contributed by atoms with E-state index in [1.807, 2.05) is 0 Å². The van der Waals surface area contributed by atoms with Crippen LogP contribution in [-0.4, -0.2) is 9.13 Å². The molecule has 0 saturated carbocycles. The summed E-state index contributed by atoms with van der Waals surface area (Å²) in [7, 11) is 0. The maximum Gasteiger partial charge on any atom is 0.0640 e. The van der Waals surface area contributed by atoms with Gasteiger partial charge in [-0.1, -0.05) is 152 Å². The van der Waals surface area contributed by atoms with Crippen molar-refractivity contribution < 1.29 is 0 Å². The van der Waals surface area contributed by atoms with Crippen molar-refractivity contribution in [1.29, 1.82) is 0 Å². The molecule has 2 heterocycles. The van der Waals surface area contributed by atoms with Gasteiger partial charge in [0.25, 0.3) is 0 Å². The Morgan fingerprint density at radius 2 is 0.648 bits per heavy atom. The standard InChI is InChI=1S/C52H34N2/c1-4-14-35(15-5-1)39-32-40(36-16-6-2-7-17-36)34-41(33-39)37-24-28-43(29-25-37)54-49-23-13-11-21-45(49)47-31-27-38-26-30-46-44-20-10-12-22-48(44)53(42-18-8-3-9-19-42)51(46)50(38)52(47)54/h1-34H. The van der Waals surface area contributed by atoms with Crippen molar-refractivity contribution in [2.24, 2.45) is 0 Å². The van der Waals surface area contributed by atoms with Crippen LogP contribution in [0.3, 0.4) is 0 Å². The number of hydrogen-bond acceptors (Lipinski definition) is 0. The van der Waals surface area contributed by atoms with E-state index in [2.05, 4.69) is 215 Å². The molecule has 54 heavy (non-hydrogen) atoms. The van der Waals surface area contributed by atoms with Crippen molar-refractivity contribution in [1.82, 2.24) is 9.13 Å². The number of aromatic nitrogens is 2. The van der Waals surface area contributed by atoms with E-state index in [1.54, 1.807) is 0 Å². The summed E-state index contributed by atoms with van der Waals surface area (Å²) in [6.45, 7) is 0. The molecule has 2 aromatic heterocycles. The Balaban J connectivity index is 1.17. The summed E-state index contributed by atoms with van der Waals surface area (Å²) in [5, 5.41) is 7.50. The zero-order valence-electron chi connectivity index (χ0n) is 29.5. The highest BCUT2D eigenvalue weighted by Crippen LogP contribution is 2.43. The number of benzene rings is 9. The second kappa shape index (κ2) is 12.2. The molecule has 11 rings (SSSR count). The largest absolute Gasteiger partial charge is 0.309 e. The zero-order chi connectivity index (χ0) is 35.6. The fraction of sp³-hybridized carbons (Fsp3) is 0. The summed E-state index contributed by atoms with van der Waals surface area (Å²) < 4.78 is 4.95. The summed E-state index contributed by atoms with van der Waals surface area (Å²) in [5.74, 6) is 0. The van der Waals surface area contributed by atoms with Crippen LogP contribution in [0, 0.1) is 0 Å². The molecule has 0 atom stereocenters. The Labute approximate surface area is 313 Å². The highest BCUT2D eigenvalue weighted by Gasteiger charge is 2.21. The van der Waals surface area contributed by atoms with Crippen molar-refractivity contribution >= 4 is 54.4 Å². The van der Waals surface area contributed by atoms with Crippen LogP contribution in [-0.2, 0) is 0 Å². The molecule has 9 aromatic carbocycles. The van der Waals surface area contributed by atoms with Gasteiger partial charge in [-0.15, -0.1) is 0 Å². The van der Waals surface area contributed by atoms with Gasteiger partial charge in [0.05, 0.1) is 22.1 Å². The maximum absolute atomic E-state index is 2.49. The molecule has 0 aliphatic heterocycles. The van der Waals surface area contributed by atoms with E-state index >= 15 is 0 Å². The Morgan fingerprint density at radius 3 is 1.13 bits per heavy atom. The fourth-order valence-electron chi connectivity index (χ4n) is 8.62. The lowest BCUT2D eigenvalue weighted by molar-refractivity contribution is 1.17. The normalized spacial score (nSPS) is 11.7. The topological polar surface area (TPSA) is 9.86 Å². The molecule has 2 nitrogen and oxygen atoms in total. The Kier molecular flexibility index (Phi) is 6.90. The quantitative estimate of drug-likeness (QED) is 0.171.